The summed E-state index contributed by atoms with van der Waals surface area (Å²) in [6, 6.07) is 3.90. The van der Waals surface area contributed by atoms with Crippen LogP contribution in [0.25, 0.3) is 11.0 Å². The van der Waals surface area contributed by atoms with Crippen LogP contribution >= 0.6 is 15.9 Å². The molecule has 3 aromatic heterocycles. The van der Waals surface area contributed by atoms with Crippen LogP contribution in [0.3, 0.4) is 0 Å². The molecular weight excluding hydrogens is 394 g/mol. The predicted molar refractivity (Wildman–Crippen MR) is 91.7 cm³/mol. The lowest BCUT2D eigenvalue weighted by molar-refractivity contribution is 0.387. The largest absolute Gasteiger partial charge is 0.339 e. The van der Waals surface area contributed by atoms with Crippen LogP contribution in [0.15, 0.2) is 40.4 Å². The monoisotopic (exact) mass is 407 g/mol. The first-order valence-corrected chi connectivity index (χ1v) is 9.59. The molecule has 0 unspecified atom stereocenters. The van der Waals surface area contributed by atoms with E-state index in [1.807, 2.05) is 12.1 Å². The molecule has 7 nitrogen and oxygen atoms in total. The summed E-state index contributed by atoms with van der Waals surface area (Å²) in [5.41, 5.74) is 2.50. The Morgan fingerprint density at radius 3 is 2.83 bits per heavy atom. The van der Waals surface area contributed by atoms with E-state index in [-0.39, 0.29) is 5.03 Å². The SMILES string of the molecule is Cn1cnc(S(=O)(=O)N2CCc3nc4ncc(Br)cc4cc3C2)c1. The number of hydrogen-bond acceptors (Lipinski definition) is 5. The van der Waals surface area contributed by atoms with Crippen LogP contribution in [0.5, 0.6) is 0 Å². The minimum Gasteiger partial charge on any atom is -0.339 e. The first-order valence-electron chi connectivity index (χ1n) is 7.36. The molecule has 0 saturated carbocycles. The maximum absolute atomic E-state index is 12.7. The second-order valence-corrected chi connectivity index (χ2v) is 8.56. The average Bonchev–Trinajstić information content (AvgIpc) is 2.99. The van der Waals surface area contributed by atoms with Crippen molar-refractivity contribution >= 4 is 37.0 Å². The third kappa shape index (κ3) is 2.62. The van der Waals surface area contributed by atoms with E-state index in [0.29, 0.717) is 25.2 Å². The van der Waals surface area contributed by atoms with E-state index in [2.05, 4.69) is 30.9 Å². The standard InChI is InChI=1S/C15H14BrN5O2S/c1-20-8-14(18-9-20)24(22,23)21-3-2-13-11(7-21)4-10-5-12(16)6-17-15(10)19-13/h4-6,8-9H,2-3,7H2,1H3. The summed E-state index contributed by atoms with van der Waals surface area (Å²) in [6.07, 6.45) is 5.28. The molecule has 0 spiro atoms. The summed E-state index contributed by atoms with van der Waals surface area (Å²) >= 11 is 3.40. The molecule has 9 heteroatoms. The van der Waals surface area contributed by atoms with Crippen molar-refractivity contribution < 1.29 is 8.42 Å². The van der Waals surface area contributed by atoms with E-state index >= 15 is 0 Å². The van der Waals surface area contributed by atoms with E-state index in [1.165, 1.54) is 16.8 Å². The number of rotatable bonds is 2. The highest BCUT2D eigenvalue weighted by molar-refractivity contribution is 9.10. The van der Waals surface area contributed by atoms with Gasteiger partial charge in [-0.05, 0) is 33.6 Å². The third-order valence-corrected chi connectivity index (χ3v) is 6.20. The maximum atomic E-state index is 12.7. The van der Waals surface area contributed by atoms with Gasteiger partial charge in [-0.2, -0.15) is 4.31 Å². The van der Waals surface area contributed by atoms with E-state index < -0.39 is 10.0 Å². The van der Waals surface area contributed by atoms with Gasteiger partial charge in [-0.1, -0.05) is 0 Å². The van der Waals surface area contributed by atoms with Gasteiger partial charge in [-0.25, -0.2) is 23.4 Å². The highest BCUT2D eigenvalue weighted by Crippen LogP contribution is 2.26. The van der Waals surface area contributed by atoms with Crippen LogP contribution in [-0.2, 0) is 30.0 Å². The van der Waals surface area contributed by atoms with Crippen molar-refractivity contribution in [2.45, 2.75) is 18.0 Å². The minimum atomic E-state index is -3.60. The highest BCUT2D eigenvalue weighted by Gasteiger charge is 2.30. The molecule has 4 rings (SSSR count). The zero-order chi connectivity index (χ0) is 16.9. The van der Waals surface area contributed by atoms with Gasteiger partial charge in [0.1, 0.15) is 0 Å². The second-order valence-electron chi connectivity index (χ2n) is 5.76. The lowest BCUT2D eigenvalue weighted by Gasteiger charge is -2.26. The van der Waals surface area contributed by atoms with Crippen molar-refractivity contribution in [2.24, 2.45) is 7.05 Å². The van der Waals surface area contributed by atoms with Crippen LogP contribution < -0.4 is 0 Å². The summed E-state index contributed by atoms with van der Waals surface area (Å²) in [5, 5.41) is 0.965. The van der Waals surface area contributed by atoms with Gasteiger partial charge in [0.05, 0.1) is 6.33 Å². The van der Waals surface area contributed by atoms with Gasteiger partial charge in [0.15, 0.2) is 10.7 Å². The lowest BCUT2D eigenvalue weighted by atomic mass is 10.1. The summed E-state index contributed by atoms with van der Waals surface area (Å²) < 4.78 is 29.4. The zero-order valence-electron chi connectivity index (χ0n) is 12.8. The van der Waals surface area contributed by atoms with Crippen molar-refractivity contribution in [3.63, 3.8) is 0 Å². The molecule has 24 heavy (non-hydrogen) atoms. The summed E-state index contributed by atoms with van der Waals surface area (Å²) in [7, 11) is -1.85. The van der Waals surface area contributed by atoms with Crippen molar-refractivity contribution in [1.82, 2.24) is 23.8 Å². The van der Waals surface area contributed by atoms with Gasteiger partial charge in [0, 0.05) is 54.5 Å². The smallest absolute Gasteiger partial charge is 0.262 e. The Morgan fingerprint density at radius 2 is 2.08 bits per heavy atom. The number of aromatic nitrogens is 4. The van der Waals surface area contributed by atoms with E-state index in [9.17, 15) is 8.42 Å². The van der Waals surface area contributed by atoms with E-state index in [1.54, 1.807) is 17.8 Å². The summed E-state index contributed by atoms with van der Waals surface area (Å²) in [6.45, 7) is 0.685. The Hall–Kier alpha value is -1.84. The fraction of sp³-hybridized carbons (Fsp3) is 0.267. The minimum absolute atomic E-state index is 0.0756. The quantitative estimate of drug-likeness (QED) is 0.647. The van der Waals surface area contributed by atoms with E-state index in [4.69, 9.17) is 0 Å². The van der Waals surface area contributed by atoms with Gasteiger partial charge >= 0.3 is 0 Å². The van der Waals surface area contributed by atoms with Gasteiger partial charge in [0.2, 0.25) is 0 Å². The fourth-order valence-electron chi connectivity index (χ4n) is 2.83. The van der Waals surface area contributed by atoms with Crippen molar-refractivity contribution in [3.8, 4) is 0 Å². The molecule has 0 atom stereocenters. The van der Waals surface area contributed by atoms with Crippen LogP contribution in [0, 0.1) is 0 Å². The number of nitrogens with zero attached hydrogens (tertiary/aromatic N) is 5. The molecule has 0 aromatic carbocycles. The first-order chi connectivity index (χ1) is 11.4. The first kappa shape index (κ1) is 15.7. The van der Waals surface area contributed by atoms with Crippen LogP contribution in [-0.4, -0.2) is 38.8 Å². The Balaban J connectivity index is 1.72. The summed E-state index contributed by atoms with van der Waals surface area (Å²) in [4.78, 5) is 12.9. The van der Waals surface area contributed by atoms with E-state index in [0.717, 1.165) is 21.1 Å². The number of pyridine rings is 2. The average molecular weight is 408 g/mol. The number of sulfonamides is 1. The number of halogens is 1. The molecule has 0 saturated heterocycles. The summed E-state index contributed by atoms with van der Waals surface area (Å²) in [5.74, 6) is 0. The molecule has 0 N–H and O–H groups in total. The molecule has 3 aromatic rings. The van der Waals surface area contributed by atoms with Gasteiger partial charge in [-0.15, -0.1) is 0 Å². The molecule has 0 aliphatic carbocycles. The molecule has 0 bridgehead atoms. The normalized spacial score (nSPS) is 15.6. The number of aryl methyl sites for hydroxylation is 1. The Labute approximate surface area is 147 Å². The van der Waals surface area contributed by atoms with Crippen LogP contribution in [0.2, 0.25) is 0 Å². The van der Waals surface area contributed by atoms with Crippen LogP contribution in [0.1, 0.15) is 11.3 Å². The molecular formula is C15H14BrN5O2S. The molecule has 0 amide bonds. The van der Waals surface area contributed by atoms with Crippen molar-refractivity contribution in [1.29, 1.82) is 0 Å². The third-order valence-electron chi connectivity index (χ3n) is 4.03. The Morgan fingerprint density at radius 1 is 1.25 bits per heavy atom. The molecule has 1 aliphatic rings. The van der Waals surface area contributed by atoms with Gasteiger partial charge in [-0.3, -0.25) is 0 Å². The van der Waals surface area contributed by atoms with Gasteiger partial charge < -0.3 is 4.57 Å². The predicted octanol–water partition coefficient (Wildman–Crippen LogP) is 1.87. The molecule has 0 fully saturated rings. The van der Waals surface area contributed by atoms with Crippen LogP contribution in [0.4, 0.5) is 0 Å². The molecule has 0 radical (unpaired) electrons. The Bertz CT molecular complexity index is 1050. The fourth-order valence-corrected chi connectivity index (χ4v) is 4.56. The molecule has 124 valence electrons. The molecule has 4 heterocycles. The van der Waals surface area contributed by atoms with Crippen molar-refractivity contribution in [2.75, 3.05) is 6.54 Å². The number of fused-ring (bicyclic) bond motifs is 2. The van der Waals surface area contributed by atoms with Gasteiger partial charge in [0.25, 0.3) is 10.0 Å². The van der Waals surface area contributed by atoms with Crippen molar-refractivity contribution in [3.05, 3.63) is 46.6 Å². The lowest BCUT2D eigenvalue weighted by Crippen LogP contribution is -2.36. The number of hydrogen-bond donors (Lipinski definition) is 0. The molecule has 1 aliphatic heterocycles. The Kier molecular flexibility index (Phi) is 3.66. The topological polar surface area (TPSA) is 81.0 Å². The second kappa shape index (κ2) is 5.61. The highest BCUT2D eigenvalue weighted by atomic mass is 79.9. The zero-order valence-corrected chi connectivity index (χ0v) is 15.2. The number of imidazole rings is 1. The maximum Gasteiger partial charge on any atom is 0.262 e.